The summed E-state index contributed by atoms with van der Waals surface area (Å²) >= 11 is -1.43. The molecule has 18 heavy (non-hydrogen) atoms. The van der Waals surface area contributed by atoms with Gasteiger partial charge in [-0.2, -0.15) is 0 Å². The van der Waals surface area contributed by atoms with Crippen molar-refractivity contribution in [3.8, 4) is 11.8 Å². The molecular weight excluding hydrogens is 249 g/mol. The van der Waals surface area contributed by atoms with E-state index in [4.69, 9.17) is 0 Å². The zero-order valence-electron chi connectivity index (χ0n) is 11.9. The summed E-state index contributed by atoms with van der Waals surface area (Å²) in [4.78, 5) is 0. The van der Waals surface area contributed by atoms with Crippen LogP contribution in [0.25, 0.3) is 0 Å². The van der Waals surface area contributed by atoms with Gasteiger partial charge in [0.1, 0.15) is 22.8 Å². The van der Waals surface area contributed by atoms with Crippen molar-refractivity contribution in [2.75, 3.05) is 6.67 Å². The fourth-order valence-corrected chi connectivity index (χ4v) is 1.69. The summed E-state index contributed by atoms with van der Waals surface area (Å²) in [7, 11) is 0. The van der Waals surface area contributed by atoms with Gasteiger partial charge in [-0.1, -0.05) is 36.5 Å². The van der Waals surface area contributed by atoms with Crippen LogP contribution in [0.15, 0.2) is 4.40 Å². The van der Waals surface area contributed by atoms with E-state index in [2.05, 4.69) is 23.2 Å². The molecule has 0 rings (SSSR count). The highest BCUT2D eigenvalue weighted by molar-refractivity contribution is 7.91. The van der Waals surface area contributed by atoms with E-state index in [0.717, 1.165) is 19.3 Å². The Morgan fingerprint density at radius 1 is 1.28 bits per heavy atom. The Morgan fingerprint density at radius 2 is 1.94 bits per heavy atom. The van der Waals surface area contributed by atoms with E-state index in [-0.39, 0.29) is 5.71 Å². The molecule has 0 spiro atoms. The quantitative estimate of drug-likeness (QED) is 0.313. The summed E-state index contributed by atoms with van der Waals surface area (Å²) in [5.41, 5.74) is 0.0961. The molecule has 0 aromatic rings. The lowest BCUT2D eigenvalue weighted by atomic mass is 10.1. The minimum atomic E-state index is -1.43. The molecule has 104 valence electrons. The molecule has 1 atom stereocenters. The van der Waals surface area contributed by atoms with Crippen LogP contribution in [0.2, 0.25) is 0 Å². The minimum Gasteiger partial charge on any atom is -0.591 e. The van der Waals surface area contributed by atoms with Crippen LogP contribution >= 0.6 is 0 Å². The first kappa shape index (κ1) is 17.5. The molecule has 0 heterocycles. The Hall–Kier alpha value is -0.530. The molecule has 0 saturated heterocycles. The van der Waals surface area contributed by atoms with Crippen LogP contribution in [-0.4, -0.2) is 21.7 Å². The van der Waals surface area contributed by atoms with Crippen molar-refractivity contribution in [1.82, 2.24) is 0 Å². The Kier molecular flexibility index (Phi) is 9.13. The average molecular weight is 273 g/mol. The van der Waals surface area contributed by atoms with Gasteiger partial charge in [-0.05, 0) is 33.1 Å². The maximum Gasteiger partial charge on any atom is 0.172 e. The summed E-state index contributed by atoms with van der Waals surface area (Å²) in [6.45, 7) is 6.83. The number of halogens is 1. The second kappa shape index (κ2) is 9.41. The van der Waals surface area contributed by atoms with Crippen LogP contribution in [0.1, 0.15) is 59.8 Å². The monoisotopic (exact) mass is 273 g/mol. The topological polar surface area (TPSA) is 35.4 Å². The van der Waals surface area contributed by atoms with Gasteiger partial charge < -0.3 is 4.55 Å². The molecule has 1 unspecified atom stereocenters. The highest BCUT2D eigenvalue weighted by atomic mass is 32.2. The molecule has 0 amide bonds. The van der Waals surface area contributed by atoms with Gasteiger partial charge in [0, 0.05) is 6.42 Å². The second-order valence-electron chi connectivity index (χ2n) is 5.15. The van der Waals surface area contributed by atoms with Crippen LogP contribution in [0.5, 0.6) is 0 Å². The first-order chi connectivity index (χ1) is 8.41. The maximum atomic E-state index is 12.7. The summed E-state index contributed by atoms with van der Waals surface area (Å²) in [6.07, 6.45) is 5.33. The van der Waals surface area contributed by atoms with Crippen molar-refractivity contribution < 1.29 is 8.94 Å². The van der Waals surface area contributed by atoms with Gasteiger partial charge >= 0.3 is 0 Å². The smallest absolute Gasteiger partial charge is 0.172 e. The van der Waals surface area contributed by atoms with Crippen molar-refractivity contribution in [2.45, 2.75) is 64.5 Å². The van der Waals surface area contributed by atoms with Gasteiger partial charge in [-0.15, -0.1) is 0 Å². The van der Waals surface area contributed by atoms with Gasteiger partial charge in [0.15, 0.2) is 5.71 Å². The predicted octanol–water partition coefficient (Wildman–Crippen LogP) is 3.83. The zero-order valence-corrected chi connectivity index (χ0v) is 12.7. The zero-order chi connectivity index (χ0) is 14.0. The number of alkyl halides is 1. The molecule has 0 aliphatic rings. The minimum absolute atomic E-state index is 0.0961. The summed E-state index contributed by atoms with van der Waals surface area (Å²) in [6, 6.07) is 0. The lowest BCUT2D eigenvalue weighted by Gasteiger charge is -2.18. The third-order valence-electron chi connectivity index (χ3n) is 2.23. The first-order valence-electron chi connectivity index (χ1n) is 6.46. The van der Waals surface area contributed by atoms with Gasteiger partial charge in [-0.3, -0.25) is 0 Å². The fourth-order valence-electron chi connectivity index (χ4n) is 1.12. The van der Waals surface area contributed by atoms with E-state index >= 15 is 0 Å². The Balaban J connectivity index is 4.26. The Morgan fingerprint density at radius 3 is 2.44 bits per heavy atom. The number of hydrogen-bond donors (Lipinski definition) is 0. The Labute approximate surface area is 114 Å². The molecule has 0 aliphatic carbocycles. The molecule has 0 aromatic carbocycles. The molecule has 0 N–H and O–H groups in total. The summed E-state index contributed by atoms with van der Waals surface area (Å²) < 4.78 is 27.7. The summed E-state index contributed by atoms with van der Waals surface area (Å²) in [5.74, 6) is 5.58. The van der Waals surface area contributed by atoms with Gasteiger partial charge in [-0.25, -0.2) is 4.39 Å². The Bertz CT molecular complexity index is 312. The second-order valence-corrected chi connectivity index (χ2v) is 7.05. The van der Waals surface area contributed by atoms with Crippen molar-refractivity contribution >= 4 is 17.1 Å². The van der Waals surface area contributed by atoms with Crippen molar-refractivity contribution in [3.63, 3.8) is 0 Å². The van der Waals surface area contributed by atoms with E-state index in [0.29, 0.717) is 0 Å². The van der Waals surface area contributed by atoms with Crippen molar-refractivity contribution in [3.05, 3.63) is 0 Å². The molecule has 0 aliphatic heterocycles. The van der Waals surface area contributed by atoms with Crippen LogP contribution in [0.4, 0.5) is 4.39 Å². The molecule has 0 fully saturated rings. The van der Waals surface area contributed by atoms with Crippen LogP contribution in [0, 0.1) is 11.8 Å². The highest BCUT2D eigenvalue weighted by Crippen LogP contribution is 2.17. The average Bonchev–Trinajstić information content (AvgIpc) is 2.30. The molecular formula is C14H24FNOS. The normalized spacial score (nSPS) is 14.0. The van der Waals surface area contributed by atoms with E-state index in [1.54, 1.807) is 20.8 Å². The molecule has 0 aromatic heterocycles. The molecule has 0 radical (unpaired) electrons. The van der Waals surface area contributed by atoms with E-state index < -0.39 is 22.8 Å². The number of nitrogens with zero attached hydrogens (tertiary/aromatic N) is 1. The largest absolute Gasteiger partial charge is 0.591 e. The molecule has 0 saturated carbocycles. The number of rotatable bonds is 6. The third-order valence-corrected chi connectivity index (χ3v) is 3.67. The van der Waals surface area contributed by atoms with Gasteiger partial charge in [0.05, 0.1) is 0 Å². The third kappa shape index (κ3) is 8.54. The van der Waals surface area contributed by atoms with E-state index in [1.807, 2.05) is 0 Å². The fraction of sp³-hybridized carbons (Fsp3) is 0.786. The SMILES string of the molecule is CCCCCCC#CC(CF)=N[S+]([O-])C(C)(C)C. The van der Waals surface area contributed by atoms with Gasteiger partial charge in [0.25, 0.3) is 0 Å². The van der Waals surface area contributed by atoms with Crippen LogP contribution in [0.3, 0.4) is 0 Å². The molecule has 2 nitrogen and oxygen atoms in total. The molecule has 0 bridgehead atoms. The lowest BCUT2D eigenvalue weighted by molar-refractivity contribution is 0.558. The van der Waals surface area contributed by atoms with Crippen LogP contribution < -0.4 is 0 Å². The standard InChI is InChI=1S/C14H24FNOS/c1-5-6-7-8-9-10-11-13(12-15)16-18(17)14(2,3)4/h5-9,12H2,1-4H3. The number of hydrogen-bond acceptors (Lipinski definition) is 2. The van der Waals surface area contributed by atoms with Crippen molar-refractivity contribution in [1.29, 1.82) is 0 Å². The number of unbranched alkanes of at least 4 members (excludes halogenated alkanes) is 4. The first-order valence-corrected chi connectivity index (χ1v) is 7.57. The maximum absolute atomic E-state index is 12.7. The van der Waals surface area contributed by atoms with Crippen LogP contribution in [-0.2, 0) is 11.4 Å². The highest BCUT2D eigenvalue weighted by Gasteiger charge is 2.26. The molecule has 4 heteroatoms. The lowest BCUT2D eigenvalue weighted by Crippen LogP contribution is -2.27. The van der Waals surface area contributed by atoms with Crippen molar-refractivity contribution in [2.24, 2.45) is 4.40 Å². The van der Waals surface area contributed by atoms with E-state index in [9.17, 15) is 8.94 Å². The predicted molar refractivity (Wildman–Crippen MR) is 77.8 cm³/mol. The van der Waals surface area contributed by atoms with E-state index in [1.165, 1.54) is 12.8 Å². The summed E-state index contributed by atoms with van der Waals surface area (Å²) in [5, 5.41) is 0. The van der Waals surface area contributed by atoms with Gasteiger partial charge in [0.2, 0.25) is 0 Å².